The van der Waals surface area contributed by atoms with Crippen molar-refractivity contribution in [1.82, 2.24) is 4.72 Å². The molecule has 27 heavy (non-hydrogen) atoms. The van der Waals surface area contributed by atoms with E-state index in [2.05, 4.69) is 4.72 Å². The summed E-state index contributed by atoms with van der Waals surface area (Å²) in [5.41, 5.74) is 0.201. The minimum Gasteiger partial charge on any atom is -0.493 e. The first-order valence-electron chi connectivity index (χ1n) is 8.62. The molecule has 2 aromatic rings. The molecule has 144 valence electrons. The van der Waals surface area contributed by atoms with Crippen LogP contribution in [-0.4, -0.2) is 33.6 Å². The summed E-state index contributed by atoms with van der Waals surface area (Å²) >= 11 is 5.80. The fourth-order valence-corrected chi connectivity index (χ4v) is 3.78. The Balaban J connectivity index is 1.46. The van der Waals surface area contributed by atoms with Gasteiger partial charge in [-0.15, -0.1) is 0 Å². The molecular formula is C19H20ClNO5S. The Hall–Kier alpha value is -2.09. The summed E-state index contributed by atoms with van der Waals surface area (Å²) in [5.74, 6) is 0.122. The highest BCUT2D eigenvalue weighted by Gasteiger charge is 2.28. The van der Waals surface area contributed by atoms with Crippen LogP contribution < -0.4 is 9.46 Å². The first kappa shape index (κ1) is 19.7. The first-order chi connectivity index (χ1) is 12.9. The van der Waals surface area contributed by atoms with Gasteiger partial charge in [0.25, 0.3) is 0 Å². The quantitative estimate of drug-likeness (QED) is 0.507. The van der Waals surface area contributed by atoms with Gasteiger partial charge in [-0.1, -0.05) is 17.7 Å². The molecule has 3 rings (SSSR count). The summed E-state index contributed by atoms with van der Waals surface area (Å²) in [6.45, 7) is 0.554. The summed E-state index contributed by atoms with van der Waals surface area (Å²) in [7, 11) is -3.60. The molecule has 1 fully saturated rings. The van der Waals surface area contributed by atoms with Crippen LogP contribution in [0, 0.1) is 0 Å². The van der Waals surface area contributed by atoms with Gasteiger partial charge in [0.15, 0.2) is 0 Å². The fourth-order valence-electron chi connectivity index (χ4n) is 2.31. The van der Waals surface area contributed by atoms with Crippen molar-refractivity contribution in [3.63, 3.8) is 0 Å². The Bertz CT molecular complexity index is 895. The van der Waals surface area contributed by atoms with Crippen molar-refractivity contribution in [2.45, 2.75) is 30.2 Å². The van der Waals surface area contributed by atoms with Crippen LogP contribution in [0.1, 0.15) is 29.6 Å². The number of esters is 1. The fraction of sp³-hybridized carbons (Fsp3) is 0.316. The Kier molecular flexibility index (Phi) is 6.36. The maximum Gasteiger partial charge on any atom is 0.338 e. The third kappa shape index (κ3) is 5.95. The van der Waals surface area contributed by atoms with Gasteiger partial charge in [0.05, 0.1) is 23.7 Å². The SMILES string of the molecule is O=C(OCCCOc1ccc(Cl)cc1)c1cccc(S(=O)(=O)NC2CC2)c1. The number of carbonyl (C=O) groups is 1. The zero-order valence-electron chi connectivity index (χ0n) is 14.6. The highest BCUT2D eigenvalue weighted by Crippen LogP contribution is 2.22. The molecule has 0 unspecified atom stereocenters. The van der Waals surface area contributed by atoms with E-state index < -0.39 is 16.0 Å². The average Bonchev–Trinajstić information content (AvgIpc) is 3.46. The second kappa shape index (κ2) is 8.73. The topological polar surface area (TPSA) is 81.7 Å². The Morgan fingerprint density at radius 3 is 2.56 bits per heavy atom. The van der Waals surface area contributed by atoms with E-state index in [9.17, 15) is 13.2 Å². The molecular weight excluding hydrogens is 390 g/mol. The number of sulfonamides is 1. The molecule has 0 radical (unpaired) electrons. The van der Waals surface area contributed by atoms with Crippen molar-refractivity contribution >= 4 is 27.6 Å². The van der Waals surface area contributed by atoms with Gasteiger partial charge in [-0.2, -0.15) is 0 Å². The van der Waals surface area contributed by atoms with E-state index in [1.807, 2.05) is 0 Å². The number of benzene rings is 2. The summed E-state index contributed by atoms with van der Waals surface area (Å²) in [6, 6.07) is 12.8. The number of halogens is 1. The van der Waals surface area contributed by atoms with Crippen molar-refractivity contribution in [1.29, 1.82) is 0 Å². The molecule has 1 aliphatic rings. The van der Waals surface area contributed by atoms with Gasteiger partial charge < -0.3 is 9.47 Å². The van der Waals surface area contributed by atoms with E-state index in [-0.39, 0.29) is 23.1 Å². The minimum atomic E-state index is -3.60. The van der Waals surface area contributed by atoms with Gasteiger partial charge in [0.2, 0.25) is 10.0 Å². The lowest BCUT2D eigenvalue weighted by molar-refractivity contribution is 0.0485. The van der Waals surface area contributed by atoms with Gasteiger partial charge in [0, 0.05) is 17.5 Å². The lowest BCUT2D eigenvalue weighted by atomic mass is 10.2. The van der Waals surface area contributed by atoms with Crippen molar-refractivity contribution in [2.75, 3.05) is 13.2 Å². The van der Waals surface area contributed by atoms with Crippen LogP contribution in [0.5, 0.6) is 5.75 Å². The average molecular weight is 410 g/mol. The molecule has 0 bridgehead atoms. The Morgan fingerprint density at radius 2 is 1.85 bits per heavy atom. The van der Waals surface area contributed by atoms with Crippen molar-refractivity contribution in [3.05, 3.63) is 59.1 Å². The monoisotopic (exact) mass is 409 g/mol. The summed E-state index contributed by atoms with van der Waals surface area (Å²) < 4.78 is 37.7. The predicted molar refractivity (Wildman–Crippen MR) is 102 cm³/mol. The standard InChI is InChI=1S/C19H20ClNO5S/c20-15-5-9-17(10-6-15)25-11-2-12-26-19(22)14-3-1-4-18(13-14)27(23,24)21-16-7-8-16/h1,3-6,9-10,13,16,21H,2,7-8,11-12H2. The number of rotatable bonds is 9. The smallest absolute Gasteiger partial charge is 0.338 e. The largest absolute Gasteiger partial charge is 0.493 e. The number of carbonyl (C=O) groups excluding carboxylic acids is 1. The van der Waals surface area contributed by atoms with Crippen molar-refractivity contribution < 1.29 is 22.7 Å². The Morgan fingerprint density at radius 1 is 1.11 bits per heavy atom. The summed E-state index contributed by atoms with van der Waals surface area (Å²) in [4.78, 5) is 12.2. The molecule has 1 saturated carbocycles. The van der Waals surface area contributed by atoms with E-state index in [1.54, 1.807) is 24.3 Å². The maximum absolute atomic E-state index is 12.2. The zero-order chi connectivity index (χ0) is 19.3. The molecule has 2 aromatic carbocycles. The van der Waals surface area contributed by atoms with Crippen LogP contribution in [0.25, 0.3) is 0 Å². The van der Waals surface area contributed by atoms with E-state index in [4.69, 9.17) is 21.1 Å². The zero-order valence-corrected chi connectivity index (χ0v) is 16.1. The molecule has 0 spiro atoms. The highest BCUT2D eigenvalue weighted by molar-refractivity contribution is 7.89. The molecule has 1 aliphatic carbocycles. The minimum absolute atomic E-state index is 0.00579. The van der Waals surface area contributed by atoms with Crippen molar-refractivity contribution in [2.24, 2.45) is 0 Å². The number of nitrogens with one attached hydrogen (secondary N) is 1. The van der Waals surface area contributed by atoms with Crippen LogP contribution in [0.4, 0.5) is 0 Å². The normalized spacial score (nSPS) is 14.0. The first-order valence-corrected chi connectivity index (χ1v) is 10.5. The van der Waals surface area contributed by atoms with Gasteiger partial charge in [-0.3, -0.25) is 0 Å². The van der Waals surface area contributed by atoms with Gasteiger partial charge in [0.1, 0.15) is 5.75 Å². The molecule has 8 heteroatoms. The van der Waals surface area contributed by atoms with Crippen LogP contribution in [0.15, 0.2) is 53.4 Å². The molecule has 0 saturated heterocycles. The lowest BCUT2D eigenvalue weighted by Crippen LogP contribution is -2.25. The molecule has 1 N–H and O–H groups in total. The van der Waals surface area contributed by atoms with Crippen LogP contribution >= 0.6 is 11.6 Å². The van der Waals surface area contributed by atoms with Gasteiger partial charge in [-0.25, -0.2) is 17.9 Å². The van der Waals surface area contributed by atoms with Crippen LogP contribution in [0.3, 0.4) is 0 Å². The molecule has 0 heterocycles. The number of hydrogen-bond donors (Lipinski definition) is 1. The van der Waals surface area contributed by atoms with E-state index in [0.717, 1.165) is 12.8 Å². The van der Waals surface area contributed by atoms with Crippen molar-refractivity contribution in [3.8, 4) is 5.75 Å². The molecule has 0 aromatic heterocycles. The number of ether oxygens (including phenoxy) is 2. The highest BCUT2D eigenvalue weighted by atomic mass is 35.5. The summed E-state index contributed by atoms with van der Waals surface area (Å²) in [5, 5.41) is 0.632. The van der Waals surface area contributed by atoms with E-state index in [1.165, 1.54) is 24.3 Å². The Labute approximate surface area is 163 Å². The predicted octanol–water partition coefficient (Wildman–Crippen LogP) is 3.41. The van der Waals surface area contributed by atoms with Gasteiger partial charge in [-0.05, 0) is 55.3 Å². The van der Waals surface area contributed by atoms with E-state index in [0.29, 0.717) is 23.8 Å². The maximum atomic E-state index is 12.2. The van der Waals surface area contributed by atoms with Crippen LogP contribution in [0.2, 0.25) is 5.02 Å². The lowest BCUT2D eigenvalue weighted by Gasteiger charge is -2.09. The van der Waals surface area contributed by atoms with E-state index >= 15 is 0 Å². The van der Waals surface area contributed by atoms with Gasteiger partial charge >= 0.3 is 5.97 Å². The van der Waals surface area contributed by atoms with Crippen LogP contribution in [-0.2, 0) is 14.8 Å². The second-order valence-electron chi connectivity index (χ2n) is 6.22. The molecule has 0 aliphatic heterocycles. The molecule has 0 atom stereocenters. The molecule has 6 nitrogen and oxygen atoms in total. The third-order valence-corrected chi connectivity index (χ3v) is 5.65. The third-order valence-electron chi connectivity index (χ3n) is 3.88. The summed E-state index contributed by atoms with van der Waals surface area (Å²) in [6.07, 6.45) is 2.20. The number of hydrogen-bond acceptors (Lipinski definition) is 5. The second-order valence-corrected chi connectivity index (χ2v) is 8.37. The molecule has 0 amide bonds.